The zero-order valence-electron chi connectivity index (χ0n) is 42.7. The first kappa shape index (κ1) is 48.0. The Balaban J connectivity index is 0.702. The Labute approximate surface area is 427 Å². The molecule has 3 aromatic carbocycles. The van der Waals surface area contributed by atoms with Crippen LogP contribution in [0.4, 0.5) is 21.8 Å². The van der Waals surface area contributed by atoms with Crippen LogP contribution >= 0.6 is 0 Å². The van der Waals surface area contributed by atoms with Crippen molar-refractivity contribution >= 4 is 56.9 Å². The number of nitrogens with one attached hydrogen (secondary N) is 1. The van der Waals surface area contributed by atoms with E-state index in [9.17, 15) is 14.4 Å². The van der Waals surface area contributed by atoms with Gasteiger partial charge in [0.15, 0.2) is 12.6 Å². The van der Waals surface area contributed by atoms with Gasteiger partial charge in [-0.25, -0.2) is 9.37 Å². The van der Waals surface area contributed by atoms with Gasteiger partial charge in [0.25, 0.3) is 5.91 Å². The summed E-state index contributed by atoms with van der Waals surface area (Å²) in [5, 5.41) is 5.00. The van der Waals surface area contributed by atoms with E-state index in [1.54, 1.807) is 12.0 Å². The van der Waals surface area contributed by atoms with Crippen molar-refractivity contribution in [3.8, 4) is 17.0 Å². The number of carbonyl (C=O) groups excluding carboxylic acids is 3. The van der Waals surface area contributed by atoms with Crippen LogP contribution in [0.3, 0.4) is 0 Å². The highest BCUT2D eigenvalue weighted by atomic mass is 19.1. The maximum absolute atomic E-state index is 17.6. The molecule has 7 aliphatic rings. The third-order valence-electron chi connectivity index (χ3n) is 17.6. The van der Waals surface area contributed by atoms with Crippen LogP contribution in [0, 0.1) is 23.6 Å². The molecule has 16 heteroatoms. The molecule has 3 unspecified atom stereocenters. The molecule has 6 aliphatic heterocycles. The zero-order valence-corrected chi connectivity index (χ0v) is 42.7. The number of rotatable bonds is 12. The SMILES string of the molecule is CCc1cccc2cc(OCOC)cc(-c3ncc4c(N5CC6CCC(C6)C5)nc(N5CCN(CC6CCN(C7CCN(c8ccc9c(c8)CN(C8CCC(=O)NC8=O)C9=O)CC7)CC6)C[C@@H]5C)nc4c3F)c12. The summed E-state index contributed by atoms with van der Waals surface area (Å²) < 4.78 is 28.8. The van der Waals surface area contributed by atoms with E-state index in [0.29, 0.717) is 70.5 Å². The number of ether oxygens (including phenoxy) is 2. The van der Waals surface area contributed by atoms with Gasteiger partial charge in [-0.2, -0.15) is 4.98 Å². The third kappa shape index (κ3) is 9.25. The molecule has 384 valence electrons. The number of piperazine rings is 1. The number of carbonyl (C=O) groups is 3. The average Bonchev–Trinajstić information content (AvgIpc) is 3.93. The minimum Gasteiger partial charge on any atom is -0.468 e. The second kappa shape index (κ2) is 20.0. The lowest BCUT2D eigenvalue weighted by molar-refractivity contribution is -0.136. The van der Waals surface area contributed by atoms with Crippen molar-refractivity contribution < 1.29 is 28.2 Å². The lowest BCUT2D eigenvalue weighted by Gasteiger charge is -2.44. The summed E-state index contributed by atoms with van der Waals surface area (Å²) in [5.74, 6) is 2.69. The summed E-state index contributed by atoms with van der Waals surface area (Å²) in [6, 6.07) is 16.3. The first-order valence-electron chi connectivity index (χ1n) is 27.1. The lowest BCUT2D eigenvalue weighted by atomic mass is 9.92. The molecule has 8 heterocycles. The molecule has 1 saturated carbocycles. The summed E-state index contributed by atoms with van der Waals surface area (Å²) in [5.41, 5.74) is 5.14. The quantitative estimate of drug-likeness (QED) is 0.0981. The summed E-state index contributed by atoms with van der Waals surface area (Å²) >= 11 is 0. The molecule has 12 rings (SSSR count). The summed E-state index contributed by atoms with van der Waals surface area (Å²) in [7, 11) is 1.59. The van der Waals surface area contributed by atoms with Crippen LogP contribution in [0.25, 0.3) is 32.9 Å². The predicted molar refractivity (Wildman–Crippen MR) is 280 cm³/mol. The van der Waals surface area contributed by atoms with Crippen LogP contribution in [0.5, 0.6) is 5.75 Å². The molecule has 5 saturated heterocycles. The molecule has 73 heavy (non-hydrogen) atoms. The van der Waals surface area contributed by atoms with Gasteiger partial charge in [-0.1, -0.05) is 25.1 Å². The second-order valence-corrected chi connectivity index (χ2v) is 22.1. The minimum absolute atomic E-state index is 0.0827. The monoisotopic (exact) mass is 993 g/mol. The molecule has 2 aromatic heterocycles. The predicted octanol–water partition coefficient (Wildman–Crippen LogP) is 7.42. The fraction of sp³-hybridized carbons (Fsp3) is 0.544. The summed E-state index contributed by atoms with van der Waals surface area (Å²) in [4.78, 5) is 67.2. The van der Waals surface area contributed by atoms with E-state index in [1.165, 1.54) is 32.1 Å². The van der Waals surface area contributed by atoms with E-state index in [-0.39, 0.29) is 42.7 Å². The number of nitrogens with zero attached hydrogens (tertiary/aromatic N) is 9. The number of methoxy groups -OCH3 is 1. The molecule has 5 aromatic rings. The Hall–Kier alpha value is -5.97. The van der Waals surface area contributed by atoms with Crippen molar-refractivity contribution in [2.75, 3.05) is 94.1 Å². The normalized spacial score (nSPS) is 24.6. The Morgan fingerprint density at radius 1 is 0.822 bits per heavy atom. The van der Waals surface area contributed by atoms with Crippen molar-refractivity contribution in [2.24, 2.45) is 17.8 Å². The van der Waals surface area contributed by atoms with Gasteiger partial charge in [-0.15, -0.1) is 0 Å². The summed E-state index contributed by atoms with van der Waals surface area (Å²) in [6.45, 7) is 14.6. The number of pyridine rings is 1. The molecule has 2 bridgehead atoms. The van der Waals surface area contributed by atoms with Crippen molar-refractivity contribution in [1.82, 2.24) is 35.0 Å². The smallest absolute Gasteiger partial charge is 0.255 e. The lowest BCUT2D eigenvalue weighted by Crippen LogP contribution is -2.54. The van der Waals surface area contributed by atoms with E-state index < -0.39 is 11.9 Å². The maximum Gasteiger partial charge on any atom is 0.255 e. The highest BCUT2D eigenvalue weighted by molar-refractivity contribution is 6.06. The van der Waals surface area contributed by atoms with E-state index in [2.05, 4.69) is 61.9 Å². The first-order valence-corrected chi connectivity index (χ1v) is 27.1. The number of imide groups is 1. The molecular weight excluding hydrogens is 924 g/mol. The van der Waals surface area contributed by atoms with E-state index in [1.807, 2.05) is 36.5 Å². The Bertz CT molecular complexity index is 2930. The van der Waals surface area contributed by atoms with Crippen LogP contribution in [-0.4, -0.2) is 145 Å². The maximum atomic E-state index is 17.6. The van der Waals surface area contributed by atoms with Crippen molar-refractivity contribution in [1.29, 1.82) is 0 Å². The van der Waals surface area contributed by atoms with Crippen LogP contribution < -0.4 is 24.8 Å². The van der Waals surface area contributed by atoms with Crippen molar-refractivity contribution in [3.05, 3.63) is 77.2 Å². The number of anilines is 3. The molecule has 1 N–H and O–H groups in total. The molecule has 0 radical (unpaired) electrons. The van der Waals surface area contributed by atoms with E-state index >= 15 is 4.39 Å². The van der Waals surface area contributed by atoms with Crippen LogP contribution in [-0.2, 0) is 27.3 Å². The highest BCUT2D eigenvalue weighted by Crippen LogP contribution is 2.43. The third-order valence-corrected chi connectivity index (χ3v) is 17.6. The largest absolute Gasteiger partial charge is 0.468 e. The van der Waals surface area contributed by atoms with Crippen LogP contribution in [0.1, 0.15) is 93.1 Å². The molecule has 4 atom stereocenters. The van der Waals surface area contributed by atoms with Gasteiger partial charge in [0.05, 0.1) is 5.39 Å². The van der Waals surface area contributed by atoms with Crippen molar-refractivity contribution in [2.45, 2.75) is 103 Å². The topological polar surface area (TPSA) is 140 Å². The average molecular weight is 993 g/mol. The Kier molecular flexibility index (Phi) is 13.2. The number of hydrogen-bond acceptors (Lipinski definition) is 13. The summed E-state index contributed by atoms with van der Waals surface area (Å²) in [6.07, 6.45) is 11.6. The molecule has 1 aliphatic carbocycles. The number of benzene rings is 3. The first-order chi connectivity index (χ1) is 35.6. The van der Waals surface area contributed by atoms with Gasteiger partial charge < -0.3 is 34.0 Å². The molecule has 3 amide bonds. The van der Waals surface area contributed by atoms with Gasteiger partial charge in [0.1, 0.15) is 28.8 Å². The number of fused-ring (bicyclic) bond motifs is 5. The number of piperidine rings is 4. The van der Waals surface area contributed by atoms with Gasteiger partial charge in [-0.3, -0.25) is 29.6 Å². The molecule has 6 fully saturated rings. The second-order valence-electron chi connectivity index (χ2n) is 22.1. The molecule has 0 spiro atoms. The number of amides is 3. The number of aryl methyl sites for hydroxylation is 1. The minimum atomic E-state index is -0.601. The highest BCUT2D eigenvalue weighted by Gasteiger charge is 2.40. The van der Waals surface area contributed by atoms with Gasteiger partial charge >= 0.3 is 0 Å². The van der Waals surface area contributed by atoms with E-state index in [4.69, 9.17) is 24.4 Å². The standard InChI is InChI=1S/C57H69FN10O5/c1-4-39-6-5-7-40-26-44(73-34-72-3)27-46(50(39)40)52-51(58)53-47(28-59-52)54(66-31-37-8-9-38(24-37)32-66)62-57(61-53)67-23-22-63(29-35(67)2)30-36-14-18-64(19-15-36)42-16-20-65(21-17-42)43-10-11-45-41(25-43)33-68(56(45)71)48-12-13-49(69)60-55(48)70/h5-7,10-11,25-28,35-38,42,48H,4,8-9,12-24,29-34H2,1-3H3,(H,60,69,70)/t35-,37?,38?,48?/m0/s1. The molecule has 15 nitrogen and oxygen atoms in total. The molecular formula is C57H69FN10O5. The number of hydrogen-bond donors (Lipinski definition) is 1. The van der Waals surface area contributed by atoms with E-state index in [0.717, 1.165) is 118 Å². The zero-order chi connectivity index (χ0) is 49.9. The van der Waals surface area contributed by atoms with Gasteiger partial charge in [0, 0.05) is 108 Å². The van der Waals surface area contributed by atoms with Crippen LogP contribution in [0.2, 0.25) is 0 Å². The van der Waals surface area contributed by atoms with Crippen LogP contribution in [0.15, 0.2) is 54.7 Å². The fourth-order valence-electron chi connectivity index (χ4n) is 13.7. The van der Waals surface area contributed by atoms with Gasteiger partial charge in [0.2, 0.25) is 17.8 Å². The number of likely N-dealkylation sites (tertiary alicyclic amines) is 1. The number of halogens is 1. The Morgan fingerprint density at radius 3 is 2.38 bits per heavy atom. The Morgan fingerprint density at radius 2 is 1.63 bits per heavy atom. The fourth-order valence-corrected chi connectivity index (χ4v) is 13.7. The van der Waals surface area contributed by atoms with Crippen molar-refractivity contribution in [3.63, 3.8) is 0 Å². The number of aromatic nitrogens is 3. The van der Waals surface area contributed by atoms with Gasteiger partial charge in [-0.05, 0) is 148 Å².